The smallest absolute Gasteiger partial charge is 0.378 e. The van der Waals surface area contributed by atoms with Crippen LogP contribution in [0.1, 0.15) is 11.1 Å². The summed E-state index contributed by atoms with van der Waals surface area (Å²) in [6.45, 7) is 1.86. The van der Waals surface area contributed by atoms with E-state index in [9.17, 15) is 28.1 Å². The van der Waals surface area contributed by atoms with Crippen molar-refractivity contribution in [1.82, 2.24) is 0 Å². The number of carbonyl (C=O) groups is 1. The van der Waals surface area contributed by atoms with Gasteiger partial charge in [0.25, 0.3) is 5.69 Å². The summed E-state index contributed by atoms with van der Waals surface area (Å²) in [5.41, 5.74) is 0.103. The first kappa shape index (κ1) is 21.3. The molecule has 1 heterocycles. The Morgan fingerprint density at radius 2 is 1.80 bits per heavy atom. The molecule has 30 heavy (non-hydrogen) atoms. The third kappa shape index (κ3) is 5.35. The Kier molecular flexibility index (Phi) is 6.36. The van der Waals surface area contributed by atoms with Crippen LogP contribution in [-0.4, -0.2) is 37.1 Å². The van der Waals surface area contributed by atoms with Crippen LogP contribution in [-0.2, 0) is 15.7 Å². The van der Waals surface area contributed by atoms with Crippen molar-refractivity contribution in [2.45, 2.75) is 6.18 Å². The molecule has 0 saturated carbocycles. The fraction of sp³-hybridized carbons (Fsp3) is 0.250. The molecule has 1 aliphatic heterocycles. The molecular weight excluding hydrogens is 403 g/mol. The number of nitro groups is 1. The minimum atomic E-state index is -4.54. The maximum Gasteiger partial charge on any atom is 0.416 e. The third-order valence-corrected chi connectivity index (χ3v) is 4.46. The van der Waals surface area contributed by atoms with E-state index in [0.29, 0.717) is 37.6 Å². The molecule has 0 unspecified atom stereocenters. The van der Waals surface area contributed by atoms with E-state index < -0.39 is 22.6 Å². The van der Waals surface area contributed by atoms with Crippen LogP contribution in [0.25, 0.3) is 6.08 Å². The second-order valence-electron chi connectivity index (χ2n) is 6.50. The maximum absolute atomic E-state index is 13.1. The minimum absolute atomic E-state index is 0.0464. The van der Waals surface area contributed by atoms with Crippen LogP contribution in [0, 0.1) is 10.1 Å². The minimum Gasteiger partial charge on any atom is -0.378 e. The van der Waals surface area contributed by atoms with E-state index in [1.807, 2.05) is 4.90 Å². The molecule has 0 spiro atoms. The largest absolute Gasteiger partial charge is 0.416 e. The predicted molar refractivity (Wildman–Crippen MR) is 105 cm³/mol. The highest BCUT2D eigenvalue weighted by atomic mass is 19.4. The maximum atomic E-state index is 13.1. The highest BCUT2D eigenvalue weighted by Gasteiger charge is 2.31. The highest BCUT2D eigenvalue weighted by molar-refractivity contribution is 6.04. The van der Waals surface area contributed by atoms with Crippen molar-refractivity contribution >= 4 is 29.0 Å². The monoisotopic (exact) mass is 421 g/mol. The zero-order valence-corrected chi connectivity index (χ0v) is 15.7. The number of benzene rings is 2. The number of amides is 1. The molecule has 0 atom stereocenters. The third-order valence-electron chi connectivity index (χ3n) is 4.46. The number of nitrogens with one attached hydrogen (secondary N) is 1. The van der Waals surface area contributed by atoms with Gasteiger partial charge in [-0.15, -0.1) is 0 Å². The molecule has 0 aliphatic carbocycles. The van der Waals surface area contributed by atoms with Crippen molar-refractivity contribution in [2.24, 2.45) is 0 Å². The van der Waals surface area contributed by atoms with Gasteiger partial charge in [-0.1, -0.05) is 0 Å². The molecule has 1 amide bonds. The number of ether oxygens (including phenoxy) is 1. The van der Waals surface area contributed by atoms with Crippen LogP contribution in [0.4, 0.5) is 30.2 Å². The van der Waals surface area contributed by atoms with Crippen molar-refractivity contribution in [1.29, 1.82) is 0 Å². The Balaban J connectivity index is 1.80. The van der Waals surface area contributed by atoms with Gasteiger partial charge >= 0.3 is 6.18 Å². The molecule has 2 aromatic rings. The van der Waals surface area contributed by atoms with Gasteiger partial charge in [0.05, 0.1) is 35.1 Å². The normalized spacial score (nSPS) is 14.7. The SMILES string of the molecule is O=C(/C=C/c1ccc([N+](=O)[O-])cc1)Nc1cc(C(F)(F)F)ccc1N1CCOCC1. The van der Waals surface area contributed by atoms with Crippen LogP contribution < -0.4 is 10.2 Å². The molecule has 1 fully saturated rings. The summed E-state index contributed by atoms with van der Waals surface area (Å²) in [5.74, 6) is -0.623. The lowest BCUT2D eigenvalue weighted by atomic mass is 10.1. The summed E-state index contributed by atoms with van der Waals surface area (Å²) in [7, 11) is 0. The van der Waals surface area contributed by atoms with Crippen LogP contribution >= 0.6 is 0 Å². The average molecular weight is 421 g/mol. The quantitative estimate of drug-likeness (QED) is 0.446. The average Bonchev–Trinajstić information content (AvgIpc) is 2.72. The summed E-state index contributed by atoms with van der Waals surface area (Å²) >= 11 is 0. The summed E-state index contributed by atoms with van der Waals surface area (Å²) in [6, 6.07) is 8.73. The van der Waals surface area contributed by atoms with E-state index in [1.54, 1.807) is 0 Å². The van der Waals surface area contributed by atoms with Gasteiger partial charge in [0.2, 0.25) is 5.91 Å². The fourth-order valence-corrected chi connectivity index (χ4v) is 2.95. The Labute approximate surface area is 169 Å². The van der Waals surface area contributed by atoms with Gasteiger partial charge in [0, 0.05) is 31.3 Å². The molecule has 1 aliphatic rings. The number of non-ortho nitro benzene ring substituents is 1. The number of nitro benzene ring substituents is 1. The van der Waals surface area contributed by atoms with Crippen LogP contribution in [0.2, 0.25) is 0 Å². The number of anilines is 2. The van der Waals surface area contributed by atoms with Crippen molar-refractivity contribution < 1.29 is 27.6 Å². The first-order valence-corrected chi connectivity index (χ1v) is 9.01. The molecule has 1 N–H and O–H groups in total. The van der Waals surface area contributed by atoms with Gasteiger partial charge in [-0.3, -0.25) is 14.9 Å². The number of rotatable bonds is 5. The highest BCUT2D eigenvalue weighted by Crippen LogP contribution is 2.35. The van der Waals surface area contributed by atoms with E-state index in [1.165, 1.54) is 36.4 Å². The summed E-state index contributed by atoms with van der Waals surface area (Å²) in [4.78, 5) is 24.3. The van der Waals surface area contributed by atoms with E-state index in [2.05, 4.69) is 5.32 Å². The Morgan fingerprint density at radius 3 is 2.40 bits per heavy atom. The van der Waals surface area contributed by atoms with Gasteiger partial charge in [-0.25, -0.2) is 0 Å². The number of alkyl halides is 3. The van der Waals surface area contributed by atoms with E-state index in [0.717, 1.165) is 18.2 Å². The zero-order valence-electron chi connectivity index (χ0n) is 15.7. The molecule has 0 aromatic heterocycles. The molecular formula is C20H18F3N3O4. The van der Waals surface area contributed by atoms with Crippen molar-refractivity contribution in [3.05, 3.63) is 69.8 Å². The number of morpholine rings is 1. The Bertz CT molecular complexity index is 953. The van der Waals surface area contributed by atoms with Gasteiger partial charge in [0.1, 0.15) is 0 Å². The van der Waals surface area contributed by atoms with Crippen LogP contribution in [0.15, 0.2) is 48.5 Å². The van der Waals surface area contributed by atoms with Crippen molar-refractivity contribution in [3.63, 3.8) is 0 Å². The summed E-state index contributed by atoms with van der Waals surface area (Å²) in [6.07, 6.45) is -1.97. The molecule has 3 rings (SSSR count). The topological polar surface area (TPSA) is 84.7 Å². The number of hydrogen-bond acceptors (Lipinski definition) is 5. The molecule has 2 aromatic carbocycles. The molecule has 1 saturated heterocycles. The lowest BCUT2D eigenvalue weighted by Gasteiger charge is -2.30. The van der Waals surface area contributed by atoms with Gasteiger partial charge < -0.3 is 15.0 Å². The van der Waals surface area contributed by atoms with Gasteiger partial charge in [-0.2, -0.15) is 13.2 Å². The first-order chi connectivity index (χ1) is 14.2. The molecule has 0 radical (unpaired) electrons. The standard InChI is InChI=1S/C20H18F3N3O4/c21-20(22,23)15-4-7-18(25-9-11-30-12-10-25)17(13-15)24-19(27)8-3-14-1-5-16(6-2-14)26(28)29/h1-8,13H,9-12H2,(H,24,27)/b8-3+. The van der Waals surface area contributed by atoms with Gasteiger partial charge in [-0.05, 0) is 42.0 Å². The fourth-order valence-electron chi connectivity index (χ4n) is 2.95. The molecule has 0 bridgehead atoms. The summed E-state index contributed by atoms with van der Waals surface area (Å²) < 4.78 is 44.7. The number of hydrogen-bond donors (Lipinski definition) is 1. The first-order valence-electron chi connectivity index (χ1n) is 9.01. The lowest BCUT2D eigenvalue weighted by Crippen LogP contribution is -2.36. The molecule has 158 valence electrons. The lowest BCUT2D eigenvalue weighted by molar-refractivity contribution is -0.384. The second kappa shape index (κ2) is 8.95. The van der Waals surface area contributed by atoms with Crippen LogP contribution in [0.3, 0.4) is 0 Å². The van der Waals surface area contributed by atoms with Crippen LogP contribution in [0.5, 0.6) is 0 Å². The second-order valence-corrected chi connectivity index (χ2v) is 6.50. The Morgan fingerprint density at radius 1 is 1.13 bits per heavy atom. The van der Waals surface area contributed by atoms with Crippen molar-refractivity contribution in [2.75, 3.05) is 36.5 Å². The molecule has 10 heteroatoms. The van der Waals surface area contributed by atoms with E-state index >= 15 is 0 Å². The van der Waals surface area contributed by atoms with Crippen molar-refractivity contribution in [3.8, 4) is 0 Å². The molecule has 7 nitrogen and oxygen atoms in total. The number of halogens is 3. The van der Waals surface area contributed by atoms with E-state index in [4.69, 9.17) is 4.74 Å². The predicted octanol–water partition coefficient (Wildman–Crippen LogP) is 4.10. The zero-order chi connectivity index (χ0) is 21.7. The van der Waals surface area contributed by atoms with E-state index in [-0.39, 0.29) is 11.4 Å². The number of nitrogens with zero attached hydrogens (tertiary/aromatic N) is 2. The van der Waals surface area contributed by atoms with Gasteiger partial charge in [0.15, 0.2) is 0 Å². The Hall–Kier alpha value is -3.40. The summed E-state index contributed by atoms with van der Waals surface area (Å²) in [5, 5.41) is 13.2. The number of carbonyl (C=O) groups excluding carboxylic acids is 1.